The van der Waals surface area contributed by atoms with E-state index in [0.717, 1.165) is 35.4 Å². The van der Waals surface area contributed by atoms with E-state index in [-0.39, 0.29) is 0 Å². The first-order valence-electron chi connectivity index (χ1n) is 6.13. The molecule has 1 saturated heterocycles. The lowest BCUT2D eigenvalue weighted by Crippen LogP contribution is -2.28. The number of hydrogen-bond donors (Lipinski definition) is 1. The second-order valence-corrected chi connectivity index (χ2v) is 5.43. The lowest BCUT2D eigenvalue weighted by atomic mass is 10.00. The maximum absolute atomic E-state index is 5.38. The summed E-state index contributed by atoms with van der Waals surface area (Å²) in [6.07, 6.45) is 2.28. The molecule has 1 aromatic carbocycles. The van der Waals surface area contributed by atoms with Gasteiger partial charge < -0.3 is 9.84 Å². The molecule has 1 aliphatic rings. The smallest absolute Gasteiger partial charge is 0.231 e. The molecule has 0 saturated carbocycles. The molecule has 1 aromatic heterocycles. The Morgan fingerprint density at radius 2 is 2.33 bits per heavy atom. The molecule has 1 aliphatic heterocycles. The van der Waals surface area contributed by atoms with Gasteiger partial charge >= 0.3 is 0 Å². The van der Waals surface area contributed by atoms with E-state index in [0.29, 0.717) is 11.7 Å². The highest BCUT2D eigenvalue weighted by Gasteiger charge is 2.21. The van der Waals surface area contributed by atoms with E-state index in [9.17, 15) is 0 Å². The fraction of sp³-hybridized carbons (Fsp3) is 0.385. The molecule has 2 heterocycles. The van der Waals surface area contributed by atoms with Crippen molar-refractivity contribution >= 4 is 15.9 Å². The van der Waals surface area contributed by atoms with Crippen molar-refractivity contribution in [2.24, 2.45) is 0 Å². The van der Waals surface area contributed by atoms with Crippen LogP contribution in [0.2, 0.25) is 0 Å². The third kappa shape index (κ3) is 2.47. The van der Waals surface area contributed by atoms with Crippen LogP contribution in [-0.2, 0) is 0 Å². The van der Waals surface area contributed by atoms with Gasteiger partial charge in [0.25, 0.3) is 0 Å². The van der Waals surface area contributed by atoms with E-state index in [1.54, 1.807) is 0 Å². The summed E-state index contributed by atoms with van der Waals surface area (Å²) in [6, 6.07) is 7.93. The van der Waals surface area contributed by atoms with E-state index in [1.165, 1.54) is 6.42 Å². The topological polar surface area (TPSA) is 51.0 Å². The Labute approximate surface area is 114 Å². The van der Waals surface area contributed by atoms with Crippen molar-refractivity contribution < 1.29 is 4.52 Å². The summed E-state index contributed by atoms with van der Waals surface area (Å²) in [5.74, 6) is 1.77. The number of halogens is 1. The molecular weight excluding hydrogens is 294 g/mol. The summed E-state index contributed by atoms with van der Waals surface area (Å²) in [5, 5.41) is 7.42. The molecule has 3 rings (SSSR count). The van der Waals surface area contributed by atoms with Crippen molar-refractivity contribution in [3.63, 3.8) is 0 Å². The van der Waals surface area contributed by atoms with E-state index in [1.807, 2.05) is 24.3 Å². The predicted octanol–water partition coefficient (Wildman–Crippen LogP) is 2.97. The van der Waals surface area contributed by atoms with Crippen molar-refractivity contribution in [2.45, 2.75) is 18.8 Å². The fourth-order valence-electron chi connectivity index (χ4n) is 2.21. The van der Waals surface area contributed by atoms with E-state index in [2.05, 4.69) is 31.4 Å². The van der Waals surface area contributed by atoms with Gasteiger partial charge in [-0.1, -0.05) is 33.2 Å². The van der Waals surface area contributed by atoms with Crippen LogP contribution in [-0.4, -0.2) is 23.2 Å². The van der Waals surface area contributed by atoms with Crippen LogP contribution >= 0.6 is 15.9 Å². The number of piperidine rings is 1. The van der Waals surface area contributed by atoms with Crippen LogP contribution in [0.15, 0.2) is 33.3 Å². The Balaban J connectivity index is 1.84. The third-order valence-corrected chi connectivity index (χ3v) is 3.66. The third-order valence-electron chi connectivity index (χ3n) is 3.17. The molecule has 1 atom stereocenters. The van der Waals surface area contributed by atoms with Gasteiger partial charge in [0.15, 0.2) is 0 Å². The Morgan fingerprint density at radius 1 is 1.39 bits per heavy atom. The minimum Gasteiger partial charge on any atom is -0.339 e. The number of benzene rings is 1. The van der Waals surface area contributed by atoms with Gasteiger partial charge in [0.1, 0.15) is 0 Å². The average molecular weight is 308 g/mol. The minimum atomic E-state index is 0.354. The average Bonchev–Trinajstić information content (AvgIpc) is 2.89. The van der Waals surface area contributed by atoms with Crippen LogP contribution < -0.4 is 5.32 Å². The summed E-state index contributed by atoms with van der Waals surface area (Å²) in [6.45, 7) is 2.02. The van der Waals surface area contributed by atoms with E-state index >= 15 is 0 Å². The molecule has 0 bridgehead atoms. The van der Waals surface area contributed by atoms with Gasteiger partial charge in [-0.3, -0.25) is 0 Å². The largest absolute Gasteiger partial charge is 0.339 e. The molecule has 1 N–H and O–H groups in total. The predicted molar refractivity (Wildman–Crippen MR) is 72.3 cm³/mol. The van der Waals surface area contributed by atoms with Crippen LogP contribution in [0, 0.1) is 0 Å². The van der Waals surface area contributed by atoms with Crippen LogP contribution in [0.4, 0.5) is 0 Å². The molecule has 0 aliphatic carbocycles. The quantitative estimate of drug-likeness (QED) is 0.926. The van der Waals surface area contributed by atoms with Gasteiger partial charge in [-0.15, -0.1) is 0 Å². The molecule has 4 nitrogen and oxygen atoms in total. The van der Waals surface area contributed by atoms with Gasteiger partial charge in [-0.2, -0.15) is 4.98 Å². The fourth-order valence-corrected chi connectivity index (χ4v) is 2.61. The second kappa shape index (κ2) is 5.20. The van der Waals surface area contributed by atoms with Gasteiger partial charge in [0.05, 0.1) is 5.92 Å². The monoisotopic (exact) mass is 307 g/mol. The zero-order valence-corrected chi connectivity index (χ0v) is 11.5. The van der Waals surface area contributed by atoms with Crippen molar-refractivity contribution in [2.75, 3.05) is 13.1 Å². The maximum Gasteiger partial charge on any atom is 0.231 e. The van der Waals surface area contributed by atoms with Gasteiger partial charge in [0.2, 0.25) is 11.7 Å². The van der Waals surface area contributed by atoms with E-state index < -0.39 is 0 Å². The summed E-state index contributed by atoms with van der Waals surface area (Å²) < 4.78 is 6.40. The standard InChI is InChI=1S/C13H14BrN3O/c14-11-5-1-3-9(7-11)12-16-13(18-17-12)10-4-2-6-15-8-10/h1,3,5,7,10,15H,2,4,6,8H2. The summed E-state index contributed by atoms with van der Waals surface area (Å²) in [7, 11) is 0. The molecule has 94 valence electrons. The Hall–Kier alpha value is -1.20. The number of nitrogens with zero attached hydrogens (tertiary/aromatic N) is 2. The van der Waals surface area contributed by atoms with Crippen molar-refractivity contribution in [1.29, 1.82) is 0 Å². The molecule has 5 heteroatoms. The number of aromatic nitrogens is 2. The Kier molecular flexibility index (Phi) is 3.43. The van der Waals surface area contributed by atoms with Gasteiger partial charge in [0, 0.05) is 16.6 Å². The molecule has 2 aromatic rings. The highest BCUT2D eigenvalue weighted by atomic mass is 79.9. The van der Waals surface area contributed by atoms with Gasteiger partial charge in [-0.05, 0) is 31.5 Å². The van der Waals surface area contributed by atoms with Crippen molar-refractivity contribution in [1.82, 2.24) is 15.5 Å². The molecule has 18 heavy (non-hydrogen) atoms. The number of rotatable bonds is 2. The van der Waals surface area contributed by atoms with Crippen LogP contribution in [0.3, 0.4) is 0 Å². The first-order chi connectivity index (χ1) is 8.83. The van der Waals surface area contributed by atoms with Crippen LogP contribution in [0.25, 0.3) is 11.4 Å². The van der Waals surface area contributed by atoms with Crippen LogP contribution in [0.1, 0.15) is 24.7 Å². The summed E-state index contributed by atoms with van der Waals surface area (Å²) in [4.78, 5) is 4.51. The number of nitrogens with one attached hydrogen (secondary N) is 1. The lowest BCUT2D eigenvalue weighted by molar-refractivity contribution is 0.322. The highest BCUT2D eigenvalue weighted by Crippen LogP contribution is 2.25. The van der Waals surface area contributed by atoms with E-state index in [4.69, 9.17) is 4.52 Å². The molecule has 1 fully saturated rings. The molecule has 0 spiro atoms. The van der Waals surface area contributed by atoms with Crippen LogP contribution in [0.5, 0.6) is 0 Å². The molecule has 0 radical (unpaired) electrons. The lowest BCUT2D eigenvalue weighted by Gasteiger charge is -2.18. The zero-order valence-electron chi connectivity index (χ0n) is 9.90. The SMILES string of the molecule is Brc1cccc(-c2noc(C3CCCNC3)n2)c1. The second-order valence-electron chi connectivity index (χ2n) is 4.51. The van der Waals surface area contributed by atoms with Crippen molar-refractivity contribution in [3.8, 4) is 11.4 Å². The normalized spacial score (nSPS) is 19.9. The minimum absolute atomic E-state index is 0.354. The molecule has 0 amide bonds. The van der Waals surface area contributed by atoms with Crippen molar-refractivity contribution in [3.05, 3.63) is 34.6 Å². The highest BCUT2D eigenvalue weighted by molar-refractivity contribution is 9.10. The summed E-state index contributed by atoms with van der Waals surface area (Å²) >= 11 is 3.45. The van der Waals surface area contributed by atoms with Gasteiger partial charge in [-0.25, -0.2) is 0 Å². The Bertz CT molecular complexity index is 535. The molecular formula is C13H14BrN3O. The molecule has 1 unspecified atom stereocenters. The first-order valence-corrected chi connectivity index (χ1v) is 6.92. The number of hydrogen-bond acceptors (Lipinski definition) is 4. The zero-order chi connectivity index (χ0) is 12.4. The summed E-state index contributed by atoms with van der Waals surface area (Å²) in [5.41, 5.74) is 0.975. The maximum atomic E-state index is 5.38. The Morgan fingerprint density at radius 3 is 3.11 bits per heavy atom. The first kappa shape index (κ1) is 11.9.